The van der Waals surface area contributed by atoms with Crippen molar-refractivity contribution in [1.82, 2.24) is 10.2 Å². The van der Waals surface area contributed by atoms with Crippen LogP contribution in [0.3, 0.4) is 0 Å². The van der Waals surface area contributed by atoms with E-state index in [9.17, 15) is 9.90 Å². The van der Waals surface area contributed by atoms with Gasteiger partial charge in [-0.3, -0.25) is 9.69 Å². The number of ether oxygens (including phenoxy) is 1. The number of carbonyl (C=O) groups is 1. The van der Waals surface area contributed by atoms with E-state index in [1.165, 1.54) is 12.1 Å². The van der Waals surface area contributed by atoms with Gasteiger partial charge in [-0.25, -0.2) is 0 Å². The van der Waals surface area contributed by atoms with Crippen molar-refractivity contribution in [2.24, 2.45) is 0 Å². The van der Waals surface area contributed by atoms with Crippen LogP contribution in [0.2, 0.25) is 5.02 Å². The molecule has 1 atom stereocenters. The fourth-order valence-electron chi connectivity index (χ4n) is 3.30. The number of benzene rings is 2. The minimum Gasteiger partial charge on any atom is -0.507 e. The molecule has 1 unspecified atom stereocenters. The van der Waals surface area contributed by atoms with Crippen LogP contribution < -0.4 is 10.1 Å². The van der Waals surface area contributed by atoms with E-state index in [1.807, 2.05) is 12.1 Å². The number of phenols is 1. The second-order valence-electron chi connectivity index (χ2n) is 6.95. The summed E-state index contributed by atoms with van der Waals surface area (Å²) in [5.41, 5.74) is 2.02. The van der Waals surface area contributed by atoms with E-state index in [0.29, 0.717) is 23.4 Å². The van der Waals surface area contributed by atoms with Crippen molar-refractivity contribution in [3.63, 3.8) is 0 Å². The number of aromatic hydroxyl groups is 1. The van der Waals surface area contributed by atoms with Crippen molar-refractivity contribution in [3.05, 3.63) is 64.2 Å². The maximum absolute atomic E-state index is 12.7. The van der Waals surface area contributed by atoms with E-state index in [1.54, 1.807) is 31.4 Å². The minimum atomic E-state index is -0.260. The first-order valence-electron chi connectivity index (χ1n) is 9.30. The van der Waals surface area contributed by atoms with Gasteiger partial charge in [0.05, 0.1) is 12.7 Å². The zero-order chi connectivity index (χ0) is 20.1. The standard InChI is InChI=1S/C22H25ClN2O3/c1-15-13-24-9-10-25(15)14-17-11-19(21(27)12-22(17)28-2)20(26)8-5-16-3-6-18(23)7-4-16/h3-8,11-12,15,24,27H,9-10,13-14H2,1-2H3/b8-5+. The Bertz CT molecular complexity index is 865. The third-order valence-electron chi connectivity index (χ3n) is 4.97. The van der Waals surface area contributed by atoms with Crippen molar-refractivity contribution < 1.29 is 14.6 Å². The summed E-state index contributed by atoms with van der Waals surface area (Å²) in [6.07, 6.45) is 3.17. The van der Waals surface area contributed by atoms with Crippen LogP contribution in [0.4, 0.5) is 0 Å². The van der Waals surface area contributed by atoms with Crippen LogP contribution in [0.5, 0.6) is 11.5 Å². The largest absolute Gasteiger partial charge is 0.507 e. The van der Waals surface area contributed by atoms with E-state index in [0.717, 1.165) is 30.8 Å². The predicted molar refractivity (Wildman–Crippen MR) is 112 cm³/mol. The van der Waals surface area contributed by atoms with Gasteiger partial charge in [-0.05, 0) is 36.8 Å². The van der Waals surface area contributed by atoms with E-state index in [4.69, 9.17) is 16.3 Å². The number of nitrogens with zero attached hydrogens (tertiary/aromatic N) is 1. The Morgan fingerprint density at radius 3 is 2.79 bits per heavy atom. The fourth-order valence-corrected chi connectivity index (χ4v) is 3.42. The molecule has 2 aromatic carbocycles. The Balaban J connectivity index is 1.83. The van der Waals surface area contributed by atoms with Crippen LogP contribution >= 0.6 is 11.6 Å². The average Bonchev–Trinajstić information content (AvgIpc) is 2.70. The van der Waals surface area contributed by atoms with Gasteiger partial charge in [-0.15, -0.1) is 0 Å². The summed E-state index contributed by atoms with van der Waals surface area (Å²) in [5, 5.41) is 14.3. The summed E-state index contributed by atoms with van der Waals surface area (Å²) >= 11 is 5.88. The number of carbonyl (C=O) groups excluding carboxylic acids is 1. The molecule has 1 aliphatic heterocycles. The molecule has 148 valence electrons. The van der Waals surface area contributed by atoms with Crippen molar-refractivity contribution >= 4 is 23.5 Å². The Labute approximate surface area is 170 Å². The molecule has 1 saturated heterocycles. The highest BCUT2D eigenvalue weighted by Gasteiger charge is 2.21. The third-order valence-corrected chi connectivity index (χ3v) is 5.23. The van der Waals surface area contributed by atoms with E-state index in [-0.39, 0.29) is 17.1 Å². The lowest BCUT2D eigenvalue weighted by Gasteiger charge is -2.34. The number of nitrogens with one attached hydrogen (secondary N) is 1. The lowest BCUT2D eigenvalue weighted by Crippen LogP contribution is -2.49. The van der Waals surface area contributed by atoms with Gasteiger partial charge in [0.2, 0.25) is 0 Å². The second-order valence-corrected chi connectivity index (χ2v) is 7.39. The first-order valence-corrected chi connectivity index (χ1v) is 9.68. The van der Waals surface area contributed by atoms with Crippen LogP contribution in [0.25, 0.3) is 6.08 Å². The molecule has 5 nitrogen and oxygen atoms in total. The number of piperazine rings is 1. The van der Waals surface area contributed by atoms with Gasteiger partial charge in [0, 0.05) is 48.9 Å². The highest BCUT2D eigenvalue weighted by atomic mass is 35.5. The Morgan fingerprint density at radius 2 is 2.11 bits per heavy atom. The number of hydrogen-bond acceptors (Lipinski definition) is 5. The topological polar surface area (TPSA) is 61.8 Å². The molecule has 6 heteroatoms. The van der Waals surface area contributed by atoms with Crippen LogP contribution in [0.15, 0.2) is 42.5 Å². The monoisotopic (exact) mass is 400 g/mol. The Hall–Kier alpha value is -2.34. The van der Waals surface area contributed by atoms with Gasteiger partial charge in [0.15, 0.2) is 5.78 Å². The van der Waals surface area contributed by atoms with Gasteiger partial charge in [-0.2, -0.15) is 0 Å². The molecule has 2 N–H and O–H groups in total. The second kappa shape index (κ2) is 9.24. The Kier molecular flexibility index (Phi) is 6.73. The molecule has 28 heavy (non-hydrogen) atoms. The molecule has 0 spiro atoms. The quantitative estimate of drug-likeness (QED) is 0.571. The first-order chi connectivity index (χ1) is 13.5. The third kappa shape index (κ3) is 4.93. The molecule has 1 fully saturated rings. The summed E-state index contributed by atoms with van der Waals surface area (Å²) in [5.74, 6) is 0.242. The molecule has 3 rings (SSSR count). The molecule has 1 heterocycles. The molecule has 0 amide bonds. The normalized spacial score (nSPS) is 17.8. The lowest BCUT2D eigenvalue weighted by atomic mass is 10.0. The number of ketones is 1. The number of allylic oxidation sites excluding steroid dienone is 1. The summed E-state index contributed by atoms with van der Waals surface area (Å²) < 4.78 is 5.43. The molecule has 0 aliphatic carbocycles. The molecule has 0 aromatic heterocycles. The maximum atomic E-state index is 12.7. The molecular weight excluding hydrogens is 376 g/mol. The van der Waals surface area contributed by atoms with Gasteiger partial charge < -0.3 is 15.2 Å². The zero-order valence-electron chi connectivity index (χ0n) is 16.1. The van der Waals surface area contributed by atoms with Gasteiger partial charge >= 0.3 is 0 Å². The van der Waals surface area contributed by atoms with E-state index >= 15 is 0 Å². The molecule has 1 aliphatic rings. The van der Waals surface area contributed by atoms with Gasteiger partial charge in [0.25, 0.3) is 0 Å². The summed E-state index contributed by atoms with van der Waals surface area (Å²) in [4.78, 5) is 15.0. The first kappa shape index (κ1) is 20.4. The zero-order valence-corrected chi connectivity index (χ0v) is 16.9. The van der Waals surface area contributed by atoms with Crippen LogP contribution in [-0.2, 0) is 6.54 Å². The SMILES string of the molecule is COc1cc(O)c(C(=O)/C=C/c2ccc(Cl)cc2)cc1CN1CCNCC1C. The molecule has 0 radical (unpaired) electrons. The molecule has 0 bridgehead atoms. The fraction of sp³-hybridized carbons (Fsp3) is 0.318. The highest BCUT2D eigenvalue weighted by Crippen LogP contribution is 2.30. The maximum Gasteiger partial charge on any atom is 0.189 e. The summed E-state index contributed by atoms with van der Waals surface area (Å²) in [7, 11) is 1.57. The number of hydrogen-bond donors (Lipinski definition) is 2. The van der Waals surface area contributed by atoms with Crippen molar-refractivity contribution in [2.75, 3.05) is 26.7 Å². The number of methoxy groups -OCH3 is 1. The lowest BCUT2D eigenvalue weighted by molar-refractivity contribution is 0.104. The smallest absolute Gasteiger partial charge is 0.189 e. The molecule has 0 saturated carbocycles. The van der Waals surface area contributed by atoms with Gasteiger partial charge in [-0.1, -0.05) is 29.8 Å². The summed E-state index contributed by atoms with van der Waals surface area (Å²) in [6.45, 7) is 5.61. The molecular formula is C22H25ClN2O3. The van der Waals surface area contributed by atoms with Gasteiger partial charge in [0.1, 0.15) is 11.5 Å². The van der Waals surface area contributed by atoms with E-state index in [2.05, 4.69) is 17.1 Å². The summed E-state index contributed by atoms with van der Waals surface area (Å²) in [6, 6.07) is 10.8. The number of phenolic OH excluding ortho intramolecular Hbond substituents is 1. The Morgan fingerprint density at radius 1 is 1.36 bits per heavy atom. The van der Waals surface area contributed by atoms with E-state index < -0.39 is 0 Å². The van der Waals surface area contributed by atoms with Crippen LogP contribution in [0, 0.1) is 0 Å². The number of halogens is 1. The van der Waals surface area contributed by atoms with Crippen molar-refractivity contribution in [3.8, 4) is 11.5 Å². The predicted octanol–water partition coefficient (Wildman–Crippen LogP) is 3.74. The molecule has 2 aromatic rings. The minimum absolute atomic E-state index is 0.0836. The highest BCUT2D eigenvalue weighted by molar-refractivity contribution is 6.30. The number of rotatable bonds is 6. The average molecular weight is 401 g/mol. The van der Waals surface area contributed by atoms with Crippen molar-refractivity contribution in [1.29, 1.82) is 0 Å². The van der Waals surface area contributed by atoms with Crippen molar-refractivity contribution in [2.45, 2.75) is 19.5 Å². The van der Waals surface area contributed by atoms with Crippen LogP contribution in [0.1, 0.15) is 28.4 Å². The van der Waals surface area contributed by atoms with Crippen LogP contribution in [-0.4, -0.2) is 48.6 Å².